The molecule has 0 atom stereocenters. The summed E-state index contributed by atoms with van der Waals surface area (Å²) in [7, 11) is 0. The largest absolute Gasteiger partial charge is 0.456 e. The van der Waals surface area contributed by atoms with Gasteiger partial charge in [-0.2, -0.15) is 0 Å². The van der Waals surface area contributed by atoms with Gasteiger partial charge in [0.2, 0.25) is 0 Å². The fourth-order valence-electron chi connectivity index (χ4n) is 9.26. The Labute approximate surface area is 333 Å². The molecule has 4 heteroatoms. The second-order valence-electron chi connectivity index (χ2n) is 14.9. The maximum atomic E-state index is 6.41. The van der Waals surface area contributed by atoms with E-state index in [-0.39, 0.29) is 0 Å². The topological polar surface area (TPSA) is 38.9 Å². The van der Waals surface area contributed by atoms with Crippen LogP contribution in [-0.2, 0) is 5.41 Å². The van der Waals surface area contributed by atoms with Crippen LogP contribution in [-0.4, -0.2) is 9.97 Å². The molecule has 0 aliphatic heterocycles. The Hall–Kier alpha value is -7.14. The fourth-order valence-corrected chi connectivity index (χ4v) is 10.3. The lowest BCUT2D eigenvalue weighted by molar-refractivity contribution is 0.669. The molecule has 11 aromatic rings. The predicted molar refractivity (Wildman–Crippen MR) is 236 cm³/mol. The van der Waals surface area contributed by atoms with E-state index < -0.39 is 5.41 Å². The number of hydrogen-bond acceptors (Lipinski definition) is 4. The molecule has 3 heterocycles. The number of furan rings is 1. The lowest BCUT2D eigenvalue weighted by Crippen LogP contribution is -2.28. The zero-order chi connectivity index (χ0) is 37.5. The number of nitrogens with zero attached hydrogens (tertiary/aromatic N) is 2. The average molecular weight is 745 g/mol. The first-order valence-corrected chi connectivity index (χ1v) is 20.1. The van der Waals surface area contributed by atoms with E-state index >= 15 is 0 Å². The number of aromatic nitrogens is 2. The van der Waals surface area contributed by atoms with Crippen LogP contribution in [0.15, 0.2) is 199 Å². The number of rotatable bonds is 5. The molecule has 0 radical (unpaired) electrons. The van der Waals surface area contributed by atoms with E-state index in [2.05, 4.69) is 194 Å². The summed E-state index contributed by atoms with van der Waals surface area (Å²) in [6.07, 6.45) is 0. The third-order valence-electron chi connectivity index (χ3n) is 11.8. The molecule has 0 amide bonds. The molecule has 8 aromatic carbocycles. The van der Waals surface area contributed by atoms with Crippen LogP contribution in [0.2, 0.25) is 0 Å². The summed E-state index contributed by atoms with van der Waals surface area (Å²) in [6.45, 7) is 0. The molecule has 0 N–H and O–H groups in total. The van der Waals surface area contributed by atoms with Crippen molar-refractivity contribution in [3.63, 3.8) is 0 Å². The molecule has 3 aromatic heterocycles. The average Bonchev–Trinajstić information content (AvgIpc) is 3.96. The van der Waals surface area contributed by atoms with E-state index in [0.717, 1.165) is 54.7 Å². The number of hydrogen-bond donors (Lipinski definition) is 0. The van der Waals surface area contributed by atoms with Gasteiger partial charge in [-0.05, 0) is 98.1 Å². The number of benzene rings is 8. The minimum Gasteiger partial charge on any atom is -0.456 e. The summed E-state index contributed by atoms with van der Waals surface area (Å²) >= 11 is 1.77. The highest BCUT2D eigenvalue weighted by Crippen LogP contribution is 2.58. The molecule has 0 saturated carbocycles. The van der Waals surface area contributed by atoms with Crippen molar-refractivity contribution >= 4 is 54.1 Å². The third kappa shape index (κ3) is 4.84. The van der Waals surface area contributed by atoms with Gasteiger partial charge in [0, 0.05) is 26.6 Å². The Balaban J connectivity index is 1.12. The highest BCUT2D eigenvalue weighted by atomic mass is 32.1. The van der Waals surface area contributed by atoms with E-state index in [1.165, 1.54) is 48.9 Å². The maximum Gasteiger partial charge on any atom is 0.160 e. The van der Waals surface area contributed by atoms with E-state index in [9.17, 15) is 0 Å². The van der Waals surface area contributed by atoms with Gasteiger partial charge in [0.05, 0.1) is 21.7 Å². The summed E-state index contributed by atoms with van der Waals surface area (Å²) in [5.74, 6) is 0.679. The molecule has 12 rings (SSSR count). The van der Waals surface area contributed by atoms with E-state index in [4.69, 9.17) is 14.4 Å². The minimum atomic E-state index is -0.508. The molecular weight excluding hydrogens is 713 g/mol. The van der Waals surface area contributed by atoms with Gasteiger partial charge < -0.3 is 4.42 Å². The van der Waals surface area contributed by atoms with Crippen molar-refractivity contribution in [3.8, 4) is 44.3 Å². The highest BCUT2D eigenvalue weighted by Gasteiger charge is 2.46. The molecule has 0 spiro atoms. The lowest BCUT2D eigenvalue weighted by atomic mass is 9.67. The predicted octanol–water partition coefficient (Wildman–Crippen LogP) is 14.1. The van der Waals surface area contributed by atoms with Crippen LogP contribution in [0.3, 0.4) is 0 Å². The van der Waals surface area contributed by atoms with Gasteiger partial charge in [0.1, 0.15) is 11.2 Å². The second-order valence-corrected chi connectivity index (χ2v) is 16.0. The molecule has 0 fully saturated rings. The van der Waals surface area contributed by atoms with E-state index in [0.29, 0.717) is 5.82 Å². The van der Waals surface area contributed by atoms with Gasteiger partial charge in [0.25, 0.3) is 0 Å². The van der Waals surface area contributed by atoms with Crippen LogP contribution in [0.1, 0.15) is 22.3 Å². The Kier molecular flexibility index (Phi) is 7.01. The highest BCUT2D eigenvalue weighted by molar-refractivity contribution is 7.22. The molecule has 57 heavy (non-hydrogen) atoms. The van der Waals surface area contributed by atoms with Crippen molar-refractivity contribution in [1.29, 1.82) is 0 Å². The van der Waals surface area contributed by atoms with Crippen LogP contribution in [0.4, 0.5) is 0 Å². The first-order chi connectivity index (χ1) is 28.2. The van der Waals surface area contributed by atoms with Crippen molar-refractivity contribution in [2.24, 2.45) is 0 Å². The Morgan fingerprint density at radius 1 is 0.439 bits per heavy atom. The van der Waals surface area contributed by atoms with Crippen LogP contribution in [0, 0.1) is 0 Å². The standard InChI is InChI=1S/C53H32N2OS/c1-3-17-37(18-4-1)53(38-19-5-2-6-20-38)43-23-11-10-21-39(43)51-40(22-13-24-44(51)53)45-32-46(50-31-35-16-9-12-25-49(35)57-50)55-52(54-45)36-26-27-47-41(29-36)42-28-33-14-7-8-15-34(33)30-48(42)56-47/h1-32H. The third-order valence-corrected chi connectivity index (χ3v) is 12.9. The van der Waals surface area contributed by atoms with Crippen LogP contribution < -0.4 is 0 Å². The van der Waals surface area contributed by atoms with Crippen LogP contribution in [0.25, 0.3) is 87.1 Å². The fraction of sp³-hybridized carbons (Fsp3) is 0.0189. The molecule has 0 unspecified atom stereocenters. The lowest BCUT2D eigenvalue weighted by Gasteiger charge is -2.33. The number of thiophene rings is 1. The molecule has 1 aliphatic rings. The summed E-state index contributed by atoms with van der Waals surface area (Å²) in [5.41, 5.74) is 12.5. The molecule has 1 aliphatic carbocycles. The Morgan fingerprint density at radius 2 is 1.07 bits per heavy atom. The smallest absolute Gasteiger partial charge is 0.160 e. The van der Waals surface area contributed by atoms with Gasteiger partial charge in [-0.3, -0.25) is 0 Å². The van der Waals surface area contributed by atoms with Crippen molar-refractivity contribution < 1.29 is 4.42 Å². The van der Waals surface area contributed by atoms with Gasteiger partial charge in [-0.15, -0.1) is 11.3 Å². The molecule has 266 valence electrons. The van der Waals surface area contributed by atoms with Crippen molar-refractivity contribution in [2.45, 2.75) is 5.41 Å². The number of fused-ring (bicyclic) bond motifs is 8. The van der Waals surface area contributed by atoms with Gasteiger partial charge in [-0.25, -0.2) is 9.97 Å². The zero-order valence-electron chi connectivity index (χ0n) is 30.7. The van der Waals surface area contributed by atoms with Crippen molar-refractivity contribution in [1.82, 2.24) is 9.97 Å². The molecule has 0 saturated heterocycles. The normalized spacial score (nSPS) is 13.1. The minimum absolute atomic E-state index is 0.508. The maximum absolute atomic E-state index is 6.41. The van der Waals surface area contributed by atoms with Crippen molar-refractivity contribution in [2.75, 3.05) is 0 Å². The first-order valence-electron chi connectivity index (χ1n) is 19.3. The Morgan fingerprint density at radius 3 is 1.86 bits per heavy atom. The first kappa shape index (κ1) is 32.1. The van der Waals surface area contributed by atoms with Crippen LogP contribution >= 0.6 is 11.3 Å². The van der Waals surface area contributed by atoms with Crippen LogP contribution in [0.5, 0.6) is 0 Å². The summed E-state index contributed by atoms with van der Waals surface area (Å²) in [6, 6.07) is 69.7. The summed E-state index contributed by atoms with van der Waals surface area (Å²) in [4.78, 5) is 11.9. The van der Waals surface area contributed by atoms with Gasteiger partial charge in [0.15, 0.2) is 5.82 Å². The van der Waals surface area contributed by atoms with E-state index in [1.54, 1.807) is 11.3 Å². The second kappa shape index (κ2) is 12.4. The van der Waals surface area contributed by atoms with Crippen molar-refractivity contribution in [3.05, 3.63) is 216 Å². The van der Waals surface area contributed by atoms with E-state index in [1.807, 2.05) is 0 Å². The molecule has 0 bridgehead atoms. The monoisotopic (exact) mass is 744 g/mol. The molecular formula is C53H32N2OS. The molecule has 3 nitrogen and oxygen atoms in total. The van der Waals surface area contributed by atoms with Gasteiger partial charge in [-0.1, -0.05) is 146 Å². The SMILES string of the molecule is c1ccc(C2(c3ccccc3)c3ccccc3-c3c(-c4cc(-c5cc6ccccc6s5)nc(-c5ccc6oc7cc8ccccc8cc7c6c5)n4)cccc32)cc1. The zero-order valence-corrected chi connectivity index (χ0v) is 31.5. The summed E-state index contributed by atoms with van der Waals surface area (Å²) in [5, 5.41) is 5.69. The Bertz CT molecular complexity index is 3290. The van der Waals surface area contributed by atoms with Gasteiger partial charge >= 0.3 is 0 Å². The quantitative estimate of drug-likeness (QED) is 0.176. The summed E-state index contributed by atoms with van der Waals surface area (Å²) < 4.78 is 7.64.